The van der Waals surface area contributed by atoms with Crippen LogP contribution in [0.3, 0.4) is 0 Å². The molecule has 0 bridgehead atoms. The first kappa shape index (κ1) is 12.7. The van der Waals surface area contributed by atoms with Gasteiger partial charge < -0.3 is 0 Å². The smallest absolute Gasteiger partial charge is 0.0915 e. The van der Waals surface area contributed by atoms with Gasteiger partial charge in [0, 0.05) is 0 Å². The summed E-state index contributed by atoms with van der Waals surface area (Å²) in [7, 11) is 0. The van der Waals surface area contributed by atoms with Crippen molar-refractivity contribution in [2.75, 3.05) is 0 Å². The van der Waals surface area contributed by atoms with E-state index in [1.807, 2.05) is 0 Å². The molecule has 5 heteroatoms. The maximum absolute atomic E-state index is 5.97. The van der Waals surface area contributed by atoms with Crippen LogP contribution in [-0.2, 0) is 4.33 Å². The van der Waals surface area contributed by atoms with Crippen molar-refractivity contribution in [2.45, 2.75) is 8.13 Å². The minimum absolute atomic E-state index is 0.489. The second-order valence-corrected chi connectivity index (χ2v) is 6.34. The Bertz CT molecular complexity index is 326. The molecule has 0 nitrogen and oxygen atoms in total. The Morgan fingerprint density at radius 3 is 1.86 bits per heavy atom. The van der Waals surface area contributed by atoms with Crippen molar-refractivity contribution in [3.8, 4) is 0 Å². The van der Waals surface area contributed by atoms with Gasteiger partial charge >= 0.3 is 0 Å². The van der Waals surface area contributed by atoms with Gasteiger partial charge in [0.15, 0.2) is 4.33 Å². The van der Waals surface area contributed by atoms with Gasteiger partial charge in [-0.25, -0.2) is 0 Å². The SMILES string of the molecule is [CH2]c1ccccc1C(Cl)(Cl)C(Cl)(Cl)Cl. The summed E-state index contributed by atoms with van der Waals surface area (Å²) in [5.74, 6) is 0. The summed E-state index contributed by atoms with van der Waals surface area (Å²) in [5, 5.41) is 0. The van der Waals surface area contributed by atoms with Gasteiger partial charge in [0.2, 0.25) is 3.79 Å². The van der Waals surface area contributed by atoms with Gasteiger partial charge in [-0.2, -0.15) is 0 Å². The molecule has 1 aromatic rings. The van der Waals surface area contributed by atoms with Crippen molar-refractivity contribution in [2.24, 2.45) is 0 Å². The summed E-state index contributed by atoms with van der Waals surface area (Å²) in [4.78, 5) is 0. The molecule has 14 heavy (non-hydrogen) atoms. The second kappa shape index (κ2) is 4.27. The van der Waals surface area contributed by atoms with E-state index in [9.17, 15) is 0 Å². The molecule has 0 saturated heterocycles. The van der Waals surface area contributed by atoms with Crippen LogP contribution in [0.5, 0.6) is 0 Å². The van der Waals surface area contributed by atoms with E-state index in [2.05, 4.69) is 6.92 Å². The van der Waals surface area contributed by atoms with Gasteiger partial charge in [0.25, 0.3) is 0 Å². The first-order chi connectivity index (χ1) is 6.27. The average Bonchev–Trinajstić information content (AvgIpc) is 2.02. The molecule has 0 atom stereocenters. The maximum Gasteiger partial charge on any atom is 0.227 e. The van der Waals surface area contributed by atoms with Crippen LogP contribution in [0.1, 0.15) is 11.1 Å². The Balaban J connectivity index is 3.23. The third-order valence-corrected chi connectivity index (χ3v) is 4.12. The molecule has 0 aliphatic heterocycles. The molecule has 0 heterocycles. The molecule has 0 N–H and O–H groups in total. The Morgan fingerprint density at radius 1 is 0.929 bits per heavy atom. The molecule has 0 amide bonds. The van der Waals surface area contributed by atoms with Gasteiger partial charge in [-0.05, 0) is 18.1 Å². The van der Waals surface area contributed by atoms with E-state index >= 15 is 0 Å². The van der Waals surface area contributed by atoms with Crippen LogP contribution in [0.25, 0.3) is 0 Å². The number of alkyl halides is 5. The zero-order chi connectivity index (χ0) is 11.0. The fourth-order valence-electron chi connectivity index (χ4n) is 0.979. The molecule has 1 rings (SSSR count). The highest BCUT2D eigenvalue weighted by Gasteiger charge is 2.47. The summed E-state index contributed by atoms with van der Waals surface area (Å²) in [6.45, 7) is 3.76. The zero-order valence-electron chi connectivity index (χ0n) is 6.91. The summed E-state index contributed by atoms with van der Waals surface area (Å²) in [6.07, 6.45) is 0. The van der Waals surface area contributed by atoms with Crippen molar-refractivity contribution >= 4 is 58.0 Å². The van der Waals surface area contributed by atoms with Crippen LogP contribution in [0.2, 0.25) is 0 Å². The molecular formula is C9H6Cl5. The molecule has 0 fully saturated rings. The molecule has 77 valence electrons. The fraction of sp³-hybridized carbons (Fsp3) is 0.222. The standard InChI is InChI=1S/C9H6Cl5/c1-6-4-2-3-5-7(6)8(10,11)9(12,13)14/h2-5H,1H2. The summed E-state index contributed by atoms with van der Waals surface area (Å²) < 4.78 is -3.40. The lowest BCUT2D eigenvalue weighted by Crippen LogP contribution is -2.29. The summed E-state index contributed by atoms with van der Waals surface area (Å²) >= 11 is 29.0. The topological polar surface area (TPSA) is 0 Å². The number of rotatable bonds is 1. The van der Waals surface area contributed by atoms with E-state index in [1.54, 1.807) is 24.3 Å². The predicted molar refractivity (Wildman–Crippen MR) is 64.6 cm³/mol. The van der Waals surface area contributed by atoms with Crippen molar-refractivity contribution < 1.29 is 0 Å². The first-order valence-electron chi connectivity index (χ1n) is 3.63. The van der Waals surface area contributed by atoms with Crippen molar-refractivity contribution in [1.29, 1.82) is 0 Å². The monoisotopic (exact) mass is 289 g/mol. The van der Waals surface area contributed by atoms with Crippen molar-refractivity contribution in [3.05, 3.63) is 42.3 Å². The van der Waals surface area contributed by atoms with E-state index in [0.717, 1.165) is 0 Å². The molecular weight excluding hydrogens is 285 g/mol. The van der Waals surface area contributed by atoms with Crippen LogP contribution in [0, 0.1) is 6.92 Å². The van der Waals surface area contributed by atoms with E-state index in [1.165, 1.54) is 0 Å². The third kappa shape index (κ3) is 2.43. The maximum atomic E-state index is 5.97. The Hall–Kier alpha value is 0.670. The highest BCUT2D eigenvalue weighted by molar-refractivity contribution is 6.75. The van der Waals surface area contributed by atoms with Gasteiger partial charge in [-0.1, -0.05) is 82.3 Å². The quantitative estimate of drug-likeness (QED) is 0.648. The summed E-state index contributed by atoms with van der Waals surface area (Å²) in [5.41, 5.74) is 1.12. The van der Waals surface area contributed by atoms with Crippen molar-refractivity contribution in [1.82, 2.24) is 0 Å². The number of halogens is 5. The molecule has 0 aliphatic rings. The molecule has 0 saturated carbocycles. The minimum Gasteiger partial charge on any atom is -0.0915 e. The lowest BCUT2D eigenvalue weighted by Gasteiger charge is -2.28. The Kier molecular flexibility index (Phi) is 3.89. The largest absolute Gasteiger partial charge is 0.227 e. The van der Waals surface area contributed by atoms with Gasteiger partial charge in [0.1, 0.15) is 0 Å². The molecule has 0 aliphatic carbocycles. The molecule has 1 radical (unpaired) electrons. The van der Waals surface area contributed by atoms with Crippen LogP contribution >= 0.6 is 58.0 Å². The molecule has 0 spiro atoms. The number of benzene rings is 1. The normalized spacial score (nSPS) is 13.0. The first-order valence-corrected chi connectivity index (χ1v) is 5.52. The molecule has 0 aromatic heterocycles. The van der Waals surface area contributed by atoms with Gasteiger partial charge in [-0.3, -0.25) is 0 Å². The van der Waals surface area contributed by atoms with E-state index < -0.39 is 8.13 Å². The number of hydrogen-bond acceptors (Lipinski definition) is 0. The summed E-state index contributed by atoms with van der Waals surface area (Å²) in [6, 6.07) is 6.96. The molecule has 1 aromatic carbocycles. The lowest BCUT2D eigenvalue weighted by atomic mass is 10.1. The Morgan fingerprint density at radius 2 is 1.43 bits per heavy atom. The highest BCUT2D eigenvalue weighted by Crippen LogP contribution is 2.53. The van der Waals surface area contributed by atoms with Gasteiger partial charge in [0.05, 0.1) is 0 Å². The third-order valence-electron chi connectivity index (χ3n) is 1.71. The second-order valence-electron chi connectivity index (χ2n) is 2.73. The lowest BCUT2D eigenvalue weighted by molar-refractivity contribution is 0.873. The van der Waals surface area contributed by atoms with Crippen LogP contribution in [0.4, 0.5) is 0 Å². The van der Waals surface area contributed by atoms with Gasteiger partial charge in [-0.15, -0.1) is 0 Å². The zero-order valence-corrected chi connectivity index (χ0v) is 10.7. The van der Waals surface area contributed by atoms with E-state index in [0.29, 0.717) is 11.1 Å². The highest BCUT2D eigenvalue weighted by atomic mass is 35.6. The van der Waals surface area contributed by atoms with E-state index in [4.69, 9.17) is 58.0 Å². The molecule has 0 unspecified atom stereocenters. The Labute approximate surface area is 108 Å². The van der Waals surface area contributed by atoms with Crippen molar-refractivity contribution in [3.63, 3.8) is 0 Å². The minimum atomic E-state index is -1.80. The van der Waals surface area contributed by atoms with E-state index in [-0.39, 0.29) is 0 Å². The number of hydrogen-bond donors (Lipinski definition) is 0. The fourth-order valence-corrected chi connectivity index (χ4v) is 1.65. The van der Waals surface area contributed by atoms with Crippen LogP contribution in [-0.4, -0.2) is 3.79 Å². The van der Waals surface area contributed by atoms with Crippen LogP contribution in [0.15, 0.2) is 24.3 Å². The average molecular weight is 291 g/mol. The van der Waals surface area contributed by atoms with Crippen LogP contribution < -0.4 is 0 Å². The predicted octanol–water partition coefficient (Wildman–Crippen LogP) is 4.87.